The van der Waals surface area contributed by atoms with Crippen LogP contribution in [0.25, 0.3) is 0 Å². The molecule has 1 heterocycles. The number of rotatable bonds is 5. The van der Waals surface area contributed by atoms with Gasteiger partial charge in [-0.2, -0.15) is 0 Å². The van der Waals surface area contributed by atoms with Crippen LogP contribution in [0.4, 0.5) is 0 Å². The molecule has 2 rings (SSSR count). The molecule has 0 aromatic heterocycles. The normalized spacial score (nSPS) is 17.8. The minimum Gasteiger partial charge on any atom is -0.354 e. The lowest BCUT2D eigenvalue weighted by Crippen LogP contribution is -2.38. The van der Waals surface area contributed by atoms with E-state index in [1.54, 1.807) is 26.0 Å². The van der Waals surface area contributed by atoms with Crippen molar-refractivity contribution in [3.05, 3.63) is 29.8 Å². The Morgan fingerprint density at radius 3 is 2.83 bits per heavy atom. The summed E-state index contributed by atoms with van der Waals surface area (Å²) in [5.41, 5.74) is 1.25. The van der Waals surface area contributed by atoms with Crippen molar-refractivity contribution in [3.63, 3.8) is 0 Å². The third kappa shape index (κ3) is 3.04. The summed E-state index contributed by atoms with van der Waals surface area (Å²) < 4.78 is 10.1. The summed E-state index contributed by atoms with van der Waals surface area (Å²) in [5.74, 6) is 0.0373. The fourth-order valence-corrected chi connectivity index (χ4v) is 3.11. The maximum Gasteiger partial charge on any atom is 0.234 e. The summed E-state index contributed by atoms with van der Waals surface area (Å²) in [6, 6.07) is 8.13. The highest BCUT2D eigenvalue weighted by Gasteiger charge is 2.28. The highest BCUT2D eigenvalue weighted by atomic mass is 32.2. The Balaban J connectivity index is 1.86. The zero-order valence-electron chi connectivity index (χ0n) is 10.5. The van der Waals surface area contributed by atoms with Gasteiger partial charge in [-0.25, -0.2) is 0 Å². The smallest absolute Gasteiger partial charge is 0.234 e. The van der Waals surface area contributed by atoms with E-state index in [1.807, 2.05) is 12.1 Å². The van der Waals surface area contributed by atoms with E-state index in [2.05, 4.69) is 17.4 Å². The molecule has 5 heteroatoms. The largest absolute Gasteiger partial charge is 0.354 e. The van der Waals surface area contributed by atoms with Crippen molar-refractivity contribution in [1.82, 2.24) is 5.32 Å². The molecule has 1 amide bonds. The Hall–Kier alpha value is -1.04. The molecule has 0 fully saturated rings. The van der Waals surface area contributed by atoms with E-state index >= 15 is 0 Å². The molecule has 1 atom stereocenters. The van der Waals surface area contributed by atoms with Gasteiger partial charge in [0, 0.05) is 19.1 Å². The molecule has 0 bridgehead atoms. The van der Waals surface area contributed by atoms with Gasteiger partial charge in [0.2, 0.25) is 5.91 Å². The van der Waals surface area contributed by atoms with E-state index in [1.165, 1.54) is 10.5 Å². The predicted octanol–water partition coefficient (Wildman–Crippen LogP) is 1.44. The molecule has 1 aliphatic heterocycles. The highest BCUT2D eigenvalue weighted by Crippen LogP contribution is 2.36. The van der Waals surface area contributed by atoms with Crippen LogP contribution in [-0.4, -0.2) is 38.2 Å². The van der Waals surface area contributed by atoms with Gasteiger partial charge in [-0.05, 0) is 18.1 Å². The minimum absolute atomic E-state index is 0.0373. The Morgan fingerprint density at radius 1 is 1.44 bits per heavy atom. The van der Waals surface area contributed by atoms with E-state index in [0.29, 0.717) is 6.54 Å². The third-order valence-electron chi connectivity index (χ3n) is 2.91. The van der Waals surface area contributed by atoms with E-state index in [9.17, 15) is 4.79 Å². The molecular formula is C13H17NO3S. The summed E-state index contributed by atoms with van der Waals surface area (Å²) >= 11 is 1.62. The average molecular weight is 267 g/mol. The Bertz CT molecular complexity index is 395. The first-order valence-electron chi connectivity index (χ1n) is 5.82. The van der Waals surface area contributed by atoms with Crippen LogP contribution in [0.15, 0.2) is 29.2 Å². The lowest BCUT2D eigenvalue weighted by atomic mass is 10.1. The molecule has 0 spiro atoms. The molecule has 4 nitrogen and oxygen atoms in total. The van der Waals surface area contributed by atoms with Gasteiger partial charge in [0.1, 0.15) is 0 Å². The van der Waals surface area contributed by atoms with Gasteiger partial charge in [0.25, 0.3) is 0 Å². The predicted molar refractivity (Wildman–Crippen MR) is 70.6 cm³/mol. The topological polar surface area (TPSA) is 47.6 Å². The lowest BCUT2D eigenvalue weighted by Gasteiger charge is -2.15. The number of carbonyl (C=O) groups is 1. The van der Waals surface area contributed by atoms with Crippen LogP contribution in [0.5, 0.6) is 0 Å². The number of carbonyl (C=O) groups excluding carboxylic acids is 1. The molecule has 1 N–H and O–H groups in total. The molecule has 1 aromatic carbocycles. The summed E-state index contributed by atoms with van der Waals surface area (Å²) in [6.45, 7) is 0.374. The van der Waals surface area contributed by atoms with E-state index < -0.39 is 0 Å². The Morgan fingerprint density at radius 2 is 2.17 bits per heavy atom. The first kappa shape index (κ1) is 13.4. The first-order chi connectivity index (χ1) is 8.74. The zero-order valence-corrected chi connectivity index (χ0v) is 11.3. The molecule has 0 radical (unpaired) electrons. The maximum absolute atomic E-state index is 12.0. The molecule has 1 aromatic rings. The molecule has 0 saturated heterocycles. The summed E-state index contributed by atoms with van der Waals surface area (Å²) in [4.78, 5) is 13.2. The number of benzene rings is 1. The number of ether oxygens (including phenoxy) is 2. The van der Waals surface area contributed by atoms with Gasteiger partial charge in [-0.1, -0.05) is 18.2 Å². The van der Waals surface area contributed by atoms with Gasteiger partial charge >= 0.3 is 0 Å². The van der Waals surface area contributed by atoms with Gasteiger partial charge in [-0.15, -0.1) is 11.8 Å². The summed E-state index contributed by atoms with van der Waals surface area (Å²) in [6.07, 6.45) is 0.403. The minimum atomic E-state index is -0.386. The van der Waals surface area contributed by atoms with Gasteiger partial charge in [0.05, 0.1) is 11.8 Å². The van der Waals surface area contributed by atoms with Crippen LogP contribution in [-0.2, 0) is 20.7 Å². The second-order valence-corrected chi connectivity index (χ2v) is 5.31. The Kier molecular flexibility index (Phi) is 4.63. The average Bonchev–Trinajstić information content (AvgIpc) is 2.83. The van der Waals surface area contributed by atoms with Crippen LogP contribution in [0.3, 0.4) is 0 Å². The highest BCUT2D eigenvalue weighted by molar-refractivity contribution is 8.01. The van der Waals surface area contributed by atoms with Crippen LogP contribution < -0.4 is 5.32 Å². The summed E-state index contributed by atoms with van der Waals surface area (Å²) in [7, 11) is 3.11. The maximum atomic E-state index is 12.0. The number of methoxy groups -OCH3 is 2. The second-order valence-electron chi connectivity index (χ2n) is 4.06. The van der Waals surface area contributed by atoms with E-state index in [-0.39, 0.29) is 17.4 Å². The molecular weight excluding hydrogens is 250 g/mol. The number of nitrogens with one attached hydrogen (secondary N) is 1. The number of thioether (sulfide) groups is 1. The Labute approximate surface area is 111 Å². The van der Waals surface area contributed by atoms with Crippen LogP contribution in [0, 0.1) is 0 Å². The van der Waals surface area contributed by atoms with Crippen molar-refractivity contribution in [1.29, 1.82) is 0 Å². The molecule has 1 unspecified atom stereocenters. The molecule has 0 saturated carbocycles. The van der Waals surface area contributed by atoms with Crippen molar-refractivity contribution < 1.29 is 14.3 Å². The zero-order chi connectivity index (χ0) is 13.0. The van der Waals surface area contributed by atoms with Crippen molar-refractivity contribution in [2.24, 2.45) is 0 Å². The van der Waals surface area contributed by atoms with Crippen molar-refractivity contribution in [2.45, 2.75) is 22.9 Å². The van der Waals surface area contributed by atoms with Crippen molar-refractivity contribution >= 4 is 17.7 Å². The second kappa shape index (κ2) is 6.22. The lowest BCUT2D eigenvalue weighted by molar-refractivity contribution is -0.126. The van der Waals surface area contributed by atoms with Gasteiger partial charge in [0.15, 0.2) is 6.29 Å². The molecule has 1 aliphatic rings. The summed E-state index contributed by atoms with van der Waals surface area (Å²) in [5, 5.41) is 2.81. The van der Waals surface area contributed by atoms with Crippen molar-refractivity contribution in [3.8, 4) is 0 Å². The van der Waals surface area contributed by atoms with Crippen LogP contribution in [0.2, 0.25) is 0 Å². The van der Waals surface area contributed by atoms with Gasteiger partial charge in [-0.3, -0.25) is 4.79 Å². The third-order valence-corrected chi connectivity index (χ3v) is 4.23. The van der Waals surface area contributed by atoms with Gasteiger partial charge < -0.3 is 14.8 Å². The first-order valence-corrected chi connectivity index (χ1v) is 6.70. The molecule has 0 aliphatic carbocycles. The van der Waals surface area contributed by atoms with Crippen LogP contribution >= 0.6 is 11.8 Å². The number of fused-ring (bicyclic) bond motifs is 1. The SMILES string of the molecule is COC(CNC(=O)C1Cc2ccccc2S1)OC. The fraction of sp³-hybridized carbons (Fsp3) is 0.462. The van der Waals surface area contributed by atoms with Crippen LogP contribution in [0.1, 0.15) is 5.56 Å². The monoisotopic (exact) mass is 267 g/mol. The fourth-order valence-electron chi connectivity index (χ4n) is 1.89. The van der Waals surface area contributed by atoms with E-state index in [4.69, 9.17) is 9.47 Å². The number of hydrogen-bond acceptors (Lipinski definition) is 4. The number of amides is 1. The molecule has 18 heavy (non-hydrogen) atoms. The standard InChI is InChI=1S/C13H17NO3S/c1-16-12(17-2)8-14-13(15)11-7-9-5-3-4-6-10(9)18-11/h3-6,11-12H,7-8H2,1-2H3,(H,14,15). The quantitative estimate of drug-likeness (QED) is 0.820. The molecule has 98 valence electrons. The van der Waals surface area contributed by atoms with E-state index in [0.717, 1.165) is 6.42 Å². The number of hydrogen-bond donors (Lipinski definition) is 1. The van der Waals surface area contributed by atoms with Crippen molar-refractivity contribution in [2.75, 3.05) is 20.8 Å².